The first-order chi connectivity index (χ1) is 13.0. The van der Waals surface area contributed by atoms with Crippen molar-refractivity contribution in [2.45, 2.75) is 52.8 Å². The molecule has 152 valence electrons. The first-order valence-electron chi connectivity index (χ1n) is 10.0. The molecule has 27 heavy (non-hydrogen) atoms. The molecule has 0 atom stereocenters. The van der Waals surface area contributed by atoms with Gasteiger partial charge < -0.3 is 20.3 Å². The van der Waals surface area contributed by atoms with Gasteiger partial charge in [0.05, 0.1) is 13.2 Å². The highest BCUT2D eigenvalue weighted by molar-refractivity contribution is 5.80. The minimum atomic E-state index is -0.234. The highest BCUT2D eigenvalue weighted by Crippen LogP contribution is 2.14. The van der Waals surface area contributed by atoms with Gasteiger partial charge in [0.25, 0.3) is 0 Å². The van der Waals surface area contributed by atoms with Gasteiger partial charge in [-0.2, -0.15) is 0 Å². The summed E-state index contributed by atoms with van der Waals surface area (Å²) in [6, 6.07) is 5.55. The molecule has 1 saturated heterocycles. The zero-order valence-corrected chi connectivity index (χ0v) is 17.2. The Kier molecular flexibility index (Phi) is 9.01. The molecule has 1 aromatic rings. The van der Waals surface area contributed by atoms with Crippen LogP contribution in [0, 0.1) is 11.7 Å². The molecular formula is C21H35FN4O. The summed E-state index contributed by atoms with van der Waals surface area (Å²) in [5.41, 5.74) is 1.55. The third-order valence-electron chi connectivity index (χ3n) is 4.73. The van der Waals surface area contributed by atoms with Crippen LogP contribution in [0.15, 0.2) is 23.2 Å². The van der Waals surface area contributed by atoms with E-state index in [4.69, 9.17) is 9.73 Å². The zero-order chi connectivity index (χ0) is 19.6. The van der Waals surface area contributed by atoms with Crippen molar-refractivity contribution in [1.29, 1.82) is 0 Å². The fourth-order valence-corrected chi connectivity index (χ4v) is 3.45. The lowest BCUT2D eigenvalue weighted by Gasteiger charge is -2.34. The standard InChI is InChI=1S/C21H35FN4O/c1-5-23-21(25-19-8-10-26(11-9-19)14-16(2)3)24-13-17-6-7-20(22)18(12-17)15-27-4/h6-7,12,16,19H,5,8-11,13-15H2,1-4H3,(H2,23,24,25). The maximum absolute atomic E-state index is 13.8. The molecule has 0 aliphatic carbocycles. The molecule has 1 aromatic carbocycles. The van der Waals surface area contributed by atoms with Gasteiger partial charge in [0, 0.05) is 44.9 Å². The smallest absolute Gasteiger partial charge is 0.191 e. The lowest BCUT2D eigenvalue weighted by molar-refractivity contribution is 0.181. The van der Waals surface area contributed by atoms with Gasteiger partial charge in [-0.3, -0.25) is 0 Å². The fourth-order valence-electron chi connectivity index (χ4n) is 3.45. The highest BCUT2D eigenvalue weighted by Gasteiger charge is 2.20. The Morgan fingerprint density at radius 1 is 1.33 bits per heavy atom. The lowest BCUT2D eigenvalue weighted by atomic mass is 10.0. The molecule has 0 aromatic heterocycles. The summed E-state index contributed by atoms with van der Waals surface area (Å²) in [6.45, 7) is 11.7. The summed E-state index contributed by atoms with van der Waals surface area (Å²) >= 11 is 0. The van der Waals surface area contributed by atoms with Crippen LogP contribution in [0.5, 0.6) is 0 Å². The van der Waals surface area contributed by atoms with Crippen LogP contribution in [-0.2, 0) is 17.9 Å². The molecule has 5 nitrogen and oxygen atoms in total. The van der Waals surface area contributed by atoms with Crippen molar-refractivity contribution in [3.8, 4) is 0 Å². The molecule has 2 N–H and O–H groups in total. The third kappa shape index (κ3) is 7.46. The first kappa shape index (κ1) is 21.6. The summed E-state index contributed by atoms with van der Waals surface area (Å²) in [5, 5.41) is 6.89. The fraction of sp³-hybridized carbons (Fsp3) is 0.667. The van der Waals surface area contributed by atoms with Crippen LogP contribution in [0.4, 0.5) is 4.39 Å². The second-order valence-corrected chi connectivity index (χ2v) is 7.67. The normalized spacial score (nSPS) is 16.7. The van der Waals surface area contributed by atoms with E-state index in [1.807, 2.05) is 6.07 Å². The van der Waals surface area contributed by atoms with E-state index in [0.29, 0.717) is 24.1 Å². The van der Waals surface area contributed by atoms with Crippen LogP contribution < -0.4 is 10.6 Å². The molecule has 1 fully saturated rings. The summed E-state index contributed by atoms with van der Waals surface area (Å²) in [6.07, 6.45) is 2.26. The number of aliphatic imine (C=N–C) groups is 1. The molecule has 2 rings (SSSR count). The van der Waals surface area contributed by atoms with Crippen LogP contribution in [0.1, 0.15) is 44.7 Å². The maximum atomic E-state index is 13.8. The first-order valence-corrected chi connectivity index (χ1v) is 10.0. The number of hydrogen-bond acceptors (Lipinski definition) is 3. The SMILES string of the molecule is CCNC(=NCc1ccc(F)c(COC)c1)NC1CCN(CC(C)C)CC1. The van der Waals surface area contributed by atoms with Crippen molar-refractivity contribution >= 4 is 5.96 Å². The van der Waals surface area contributed by atoms with Crippen LogP contribution >= 0.6 is 0 Å². The molecule has 0 saturated carbocycles. The zero-order valence-electron chi connectivity index (χ0n) is 17.2. The number of hydrogen-bond donors (Lipinski definition) is 2. The predicted octanol–water partition coefficient (Wildman–Crippen LogP) is 3.15. The van der Waals surface area contributed by atoms with Crippen LogP contribution in [0.25, 0.3) is 0 Å². The monoisotopic (exact) mass is 378 g/mol. The minimum Gasteiger partial charge on any atom is -0.380 e. The number of benzene rings is 1. The number of methoxy groups -OCH3 is 1. The minimum absolute atomic E-state index is 0.234. The van der Waals surface area contributed by atoms with Gasteiger partial charge in [0.1, 0.15) is 5.82 Å². The molecule has 0 spiro atoms. The van der Waals surface area contributed by atoms with Crippen LogP contribution in [0.2, 0.25) is 0 Å². The number of likely N-dealkylation sites (tertiary alicyclic amines) is 1. The highest BCUT2D eigenvalue weighted by atomic mass is 19.1. The number of piperidine rings is 1. The molecule has 0 amide bonds. The third-order valence-corrected chi connectivity index (χ3v) is 4.73. The van der Waals surface area contributed by atoms with Crippen LogP contribution in [-0.4, -0.2) is 50.2 Å². The molecular weight excluding hydrogens is 343 g/mol. The number of guanidine groups is 1. The van der Waals surface area contributed by atoms with Gasteiger partial charge in [-0.25, -0.2) is 9.38 Å². The Morgan fingerprint density at radius 3 is 2.70 bits per heavy atom. The van der Waals surface area contributed by atoms with Gasteiger partial charge in [-0.1, -0.05) is 19.9 Å². The number of nitrogens with zero attached hydrogens (tertiary/aromatic N) is 2. The largest absolute Gasteiger partial charge is 0.380 e. The Labute approximate surface area is 163 Å². The summed E-state index contributed by atoms with van der Waals surface area (Å²) in [5.74, 6) is 1.31. The molecule has 0 radical (unpaired) electrons. The predicted molar refractivity (Wildman–Crippen MR) is 109 cm³/mol. The van der Waals surface area contributed by atoms with Gasteiger partial charge in [-0.15, -0.1) is 0 Å². The number of ether oxygens (including phenoxy) is 1. The van der Waals surface area contributed by atoms with Crippen molar-refractivity contribution in [3.05, 3.63) is 35.1 Å². The number of nitrogens with one attached hydrogen (secondary N) is 2. The van der Waals surface area contributed by atoms with E-state index < -0.39 is 0 Å². The second kappa shape index (κ2) is 11.2. The number of halogens is 1. The van der Waals surface area contributed by atoms with E-state index in [9.17, 15) is 4.39 Å². The van der Waals surface area contributed by atoms with Crippen molar-refractivity contribution < 1.29 is 9.13 Å². The Morgan fingerprint density at radius 2 is 2.07 bits per heavy atom. The van der Waals surface area contributed by atoms with Crippen molar-refractivity contribution in [2.75, 3.05) is 33.3 Å². The van der Waals surface area contributed by atoms with Crippen LogP contribution in [0.3, 0.4) is 0 Å². The number of rotatable bonds is 8. The van der Waals surface area contributed by atoms with E-state index >= 15 is 0 Å². The van der Waals surface area contributed by atoms with Gasteiger partial charge in [0.2, 0.25) is 0 Å². The van der Waals surface area contributed by atoms with Crippen molar-refractivity contribution in [1.82, 2.24) is 15.5 Å². The average molecular weight is 379 g/mol. The molecule has 1 aliphatic rings. The summed E-state index contributed by atoms with van der Waals surface area (Å²) < 4.78 is 18.8. The van der Waals surface area contributed by atoms with E-state index in [-0.39, 0.29) is 12.4 Å². The lowest BCUT2D eigenvalue weighted by Crippen LogP contribution is -2.49. The molecule has 0 unspecified atom stereocenters. The van der Waals surface area contributed by atoms with Gasteiger partial charge in [-0.05, 0) is 43.4 Å². The topological polar surface area (TPSA) is 48.9 Å². The van der Waals surface area contributed by atoms with Gasteiger partial charge in [0.15, 0.2) is 5.96 Å². The van der Waals surface area contributed by atoms with E-state index in [1.165, 1.54) is 12.6 Å². The van der Waals surface area contributed by atoms with E-state index in [1.54, 1.807) is 13.2 Å². The Bertz CT molecular complexity index is 598. The Balaban J connectivity index is 1.92. The summed E-state index contributed by atoms with van der Waals surface area (Å²) in [7, 11) is 1.57. The van der Waals surface area contributed by atoms with E-state index in [2.05, 4.69) is 36.3 Å². The molecule has 1 aliphatic heterocycles. The Hall–Kier alpha value is -1.66. The molecule has 0 bridgehead atoms. The molecule has 6 heteroatoms. The second-order valence-electron chi connectivity index (χ2n) is 7.67. The quantitative estimate of drug-likeness (QED) is 0.539. The van der Waals surface area contributed by atoms with E-state index in [0.717, 1.165) is 44.0 Å². The maximum Gasteiger partial charge on any atom is 0.191 e. The average Bonchev–Trinajstić information content (AvgIpc) is 2.63. The molecule has 1 heterocycles. The van der Waals surface area contributed by atoms with Crippen molar-refractivity contribution in [3.63, 3.8) is 0 Å². The van der Waals surface area contributed by atoms with Crippen molar-refractivity contribution in [2.24, 2.45) is 10.9 Å². The summed E-state index contributed by atoms with van der Waals surface area (Å²) in [4.78, 5) is 7.24. The van der Waals surface area contributed by atoms with Gasteiger partial charge >= 0.3 is 0 Å².